The van der Waals surface area contributed by atoms with Gasteiger partial charge in [-0.1, -0.05) is 32.1 Å². The van der Waals surface area contributed by atoms with Crippen molar-refractivity contribution in [2.45, 2.75) is 70.8 Å². The molecule has 20 heavy (non-hydrogen) atoms. The number of hydrogen-bond acceptors (Lipinski definition) is 2. The van der Waals surface area contributed by atoms with Gasteiger partial charge in [-0.2, -0.15) is 0 Å². The molecule has 1 heterocycles. The molecule has 1 aliphatic carbocycles. The third-order valence-electron chi connectivity index (χ3n) is 4.89. The summed E-state index contributed by atoms with van der Waals surface area (Å²) < 4.78 is 0. The Balaban J connectivity index is 0.00000200. The Bertz CT molecular complexity index is 272. The Hall–Kier alpha value is -0.280. The van der Waals surface area contributed by atoms with E-state index < -0.39 is 0 Å². The molecule has 2 N–H and O–H groups in total. The van der Waals surface area contributed by atoms with Crippen molar-refractivity contribution in [1.82, 2.24) is 10.6 Å². The topological polar surface area (TPSA) is 41.1 Å². The van der Waals surface area contributed by atoms with Gasteiger partial charge >= 0.3 is 0 Å². The molecule has 1 saturated carbocycles. The van der Waals surface area contributed by atoms with Gasteiger partial charge in [0.25, 0.3) is 0 Å². The van der Waals surface area contributed by atoms with Gasteiger partial charge in [-0.3, -0.25) is 4.79 Å². The van der Waals surface area contributed by atoms with Crippen LogP contribution in [0.15, 0.2) is 0 Å². The smallest absolute Gasteiger partial charge is 0.223 e. The van der Waals surface area contributed by atoms with Gasteiger partial charge in [0.05, 0.1) is 0 Å². The molecule has 1 amide bonds. The second-order valence-corrected chi connectivity index (χ2v) is 6.45. The van der Waals surface area contributed by atoms with E-state index in [0.717, 1.165) is 25.9 Å². The maximum absolute atomic E-state index is 12.4. The lowest BCUT2D eigenvalue weighted by molar-refractivity contribution is -0.126. The molecule has 3 nitrogen and oxygen atoms in total. The number of hydrogen-bond donors (Lipinski definition) is 2. The van der Waals surface area contributed by atoms with Crippen molar-refractivity contribution < 1.29 is 4.79 Å². The van der Waals surface area contributed by atoms with Crippen LogP contribution in [0, 0.1) is 11.8 Å². The molecule has 0 bridgehead atoms. The minimum absolute atomic E-state index is 0. The van der Waals surface area contributed by atoms with Gasteiger partial charge in [-0.25, -0.2) is 0 Å². The summed E-state index contributed by atoms with van der Waals surface area (Å²) in [5.41, 5.74) is 0. The number of halogens is 1. The summed E-state index contributed by atoms with van der Waals surface area (Å²) in [6.07, 6.45) is 11.1. The summed E-state index contributed by atoms with van der Waals surface area (Å²) in [5.74, 6) is 1.21. The molecule has 118 valence electrons. The monoisotopic (exact) mass is 302 g/mol. The van der Waals surface area contributed by atoms with E-state index in [9.17, 15) is 4.79 Å². The first-order chi connectivity index (χ1) is 9.27. The van der Waals surface area contributed by atoms with Crippen LogP contribution >= 0.6 is 12.4 Å². The number of nitrogens with one attached hydrogen (secondary N) is 2. The molecule has 2 fully saturated rings. The SMILES string of the molecule is CC(NC(=O)C1CCCCCCC1)C1CCCNC1.Cl. The Morgan fingerprint density at radius 2 is 1.70 bits per heavy atom. The third kappa shape index (κ3) is 5.61. The van der Waals surface area contributed by atoms with Crippen molar-refractivity contribution in [2.75, 3.05) is 13.1 Å². The lowest BCUT2D eigenvalue weighted by Gasteiger charge is -2.30. The zero-order valence-electron chi connectivity index (χ0n) is 12.8. The van der Waals surface area contributed by atoms with E-state index in [2.05, 4.69) is 17.6 Å². The zero-order valence-corrected chi connectivity index (χ0v) is 13.6. The maximum atomic E-state index is 12.4. The van der Waals surface area contributed by atoms with Crippen molar-refractivity contribution in [3.8, 4) is 0 Å². The maximum Gasteiger partial charge on any atom is 0.223 e. The summed E-state index contributed by atoms with van der Waals surface area (Å²) >= 11 is 0. The zero-order chi connectivity index (χ0) is 13.5. The van der Waals surface area contributed by atoms with Crippen LogP contribution in [0.5, 0.6) is 0 Å². The molecule has 2 aliphatic rings. The minimum Gasteiger partial charge on any atom is -0.353 e. The Morgan fingerprint density at radius 1 is 1.05 bits per heavy atom. The molecular formula is C16H31ClN2O. The van der Waals surface area contributed by atoms with Crippen LogP contribution in [0.4, 0.5) is 0 Å². The molecule has 2 rings (SSSR count). The quantitative estimate of drug-likeness (QED) is 0.840. The van der Waals surface area contributed by atoms with E-state index in [1.165, 1.54) is 44.9 Å². The molecule has 0 aromatic carbocycles. The van der Waals surface area contributed by atoms with Gasteiger partial charge in [0.1, 0.15) is 0 Å². The highest BCUT2D eigenvalue weighted by molar-refractivity contribution is 5.85. The summed E-state index contributed by atoms with van der Waals surface area (Å²) in [6.45, 7) is 4.38. The van der Waals surface area contributed by atoms with Crippen LogP contribution < -0.4 is 10.6 Å². The fraction of sp³-hybridized carbons (Fsp3) is 0.938. The third-order valence-corrected chi connectivity index (χ3v) is 4.89. The van der Waals surface area contributed by atoms with Gasteiger partial charge in [0.15, 0.2) is 0 Å². The molecule has 0 spiro atoms. The lowest BCUT2D eigenvalue weighted by atomic mass is 9.89. The van der Waals surface area contributed by atoms with E-state index in [4.69, 9.17) is 0 Å². The molecule has 0 radical (unpaired) electrons. The fourth-order valence-corrected chi connectivity index (χ4v) is 3.48. The largest absolute Gasteiger partial charge is 0.353 e. The molecule has 0 aromatic heterocycles. The van der Waals surface area contributed by atoms with Crippen LogP contribution in [-0.2, 0) is 4.79 Å². The Kier molecular flexibility index (Phi) is 8.55. The molecule has 1 saturated heterocycles. The van der Waals surface area contributed by atoms with E-state index in [-0.39, 0.29) is 18.3 Å². The predicted octanol–water partition coefficient (Wildman–Crippen LogP) is 3.27. The highest BCUT2D eigenvalue weighted by Crippen LogP contribution is 2.23. The number of piperidine rings is 1. The van der Waals surface area contributed by atoms with Crippen molar-refractivity contribution in [2.24, 2.45) is 11.8 Å². The van der Waals surface area contributed by atoms with Crippen LogP contribution in [-0.4, -0.2) is 25.0 Å². The summed E-state index contributed by atoms with van der Waals surface area (Å²) in [6, 6.07) is 0.325. The number of carbonyl (C=O) groups excluding carboxylic acids is 1. The van der Waals surface area contributed by atoms with Crippen LogP contribution in [0.1, 0.15) is 64.7 Å². The van der Waals surface area contributed by atoms with E-state index in [1.54, 1.807) is 0 Å². The molecule has 0 aromatic rings. The molecule has 1 aliphatic heterocycles. The van der Waals surface area contributed by atoms with Crippen LogP contribution in [0.25, 0.3) is 0 Å². The van der Waals surface area contributed by atoms with Gasteiger partial charge in [-0.05, 0) is 51.6 Å². The standard InChI is InChI=1S/C16H30N2O.ClH/c1-13(15-10-7-11-17-12-15)18-16(19)14-8-5-3-2-4-6-9-14;/h13-15,17H,2-12H2,1H3,(H,18,19);1H. The highest BCUT2D eigenvalue weighted by atomic mass is 35.5. The Morgan fingerprint density at radius 3 is 2.30 bits per heavy atom. The molecule has 2 unspecified atom stereocenters. The van der Waals surface area contributed by atoms with Crippen LogP contribution in [0.3, 0.4) is 0 Å². The second-order valence-electron chi connectivity index (χ2n) is 6.45. The molecule has 4 heteroatoms. The van der Waals surface area contributed by atoms with E-state index in [0.29, 0.717) is 17.9 Å². The predicted molar refractivity (Wildman–Crippen MR) is 86.3 cm³/mol. The van der Waals surface area contributed by atoms with Crippen LogP contribution in [0.2, 0.25) is 0 Å². The first-order valence-electron chi connectivity index (χ1n) is 8.28. The summed E-state index contributed by atoms with van der Waals surface area (Å²) in [5, 5.41) is 6.72. The van der Waals surface area contributed by atoms with Gasteiger partial charge in [-0.15, -0.1) is 12.4 Å². The first-order valence-corrected chi connectivity index (χ1v) is 8.28. The fourth-order valence-electron chi connectivity index (χ4n) is 3.48. The van der Waals surface area contributed by atoms with Crippen molar-refractivity contribution in [3.05, 3.63) is 0 Å². The minimum atomic E-state index is 0. The Labute approximate surface area is 130 Å². The first kappa shape index (κ1) is 17.8. The van der Waals surface area contributed by atoms with E-state index >= 15 is 0 Å². The average molecular weight is 303 g/mol. The van der Waals surface area contributed by atoms with Crippen molar-refractivity contribution in [3.63, 3.8) is 0 Å². The van der Waals surface area contributed by atoms with Gasteiger partial charge < -0.3 is 10.6 Å². The van der Waals surface area contributed by atoms with Gasteiger partial charge in [0, 0.05) is 12.0 Å². The number of rotatable bonds is 3. The number of amides is 1. The van der Waals surface area contributed by atoms with Crippen molar-refractivity contribution in [1.29, 1.82) is 0 Å². The summed E-state index contributed by atoms with van der Waals surface area (Å²) in [4.78, 5) is 12.4. The highest BCUT2D eigenvalue weighted by Gasteiger charge is 2.25. The second kappa shape index (κ2) is 9.62. The van der Waals surface area contributed by atoms with Gasteiger partial charge in [0.2, 0.25) is 5.91 Å². The molecular weight excluding hydrogens is 272 g/mol. The lowest BCUT2D eigenvalue weighted by Crippen LogP contribution is -2.46. The van der Waals surface area contributed by atoms with E-state index in [1.807, 2.05) is 0 Å². The average Bonchev–Trinajstić information content (AvgIpc) is 2.39. The normalized spacial score (nSPS) is 26.8. The summed E-state index contributed by atoms with van der Waals surface area (Å²) in [7, 11) is 0. The molecule has 2 atom stereocenters. The van der Waals surface area contributed by atoms with Crippen molar-refractivity contribution >= 4 is 18.3 Å². The number of carbonyl (C=O) groups is 1.